The summed E-state index contributed by atoms with van der Waals surface area (Å²) in [5.41, 5.74) is 0.488. The van der Waals surface area contributed by atoms with E-state index < -0.39 is 6.10 Å². The van der Waals surface area contributed by atoms with Gasteiger partial charge in [0.05, 0.1) is 30.7 Å². The topological polar surface area (TPSA) is 47.3 Å². The van der Waals surface area contributed by atoms with Crippen molar-refractivity contribution in [2.24, 2.45) is 0 Å². The number of imidazole rings is 1. The molecule has 1 unspecified atom stereocenters. The molecule has 3 rings (SSSR count). The molecular weight excluding hydrogens is 315 g/mol. The van der Waals surface area contributed by atoms with E-state index in [1.807, 2.05) is 28.3 Å². The second-order valence-corrected chi connectivity index (χ2v) is 6.09. The van der Waals surface area contributed by atoms with Gasteiger partial charge in [0.2, 0.25) is 0 Å². The number of benzene rings is 1. The fraction of sp³-hybridized carbons (Fsp3) is 0.235. The highest BCUT2D eigenvalue weighted by Gasteiger charge is 2.12. The van der Waals surface area contributed by atoms with Crippen molar-refractivity contribution in [2.45, 2.75) is 19.3 Å². The van der Waals surface area contributed by atoms with Crippen LogP contribution in [0.25, 0.3) is 10.7 Å². The minimum atomic E-state index is -0.685. The Balaban J connectivity index is 1.53. The van der Waals surface area contributed by atoms with Gasteiger partial charge < -0.3 is 14.4 Å². The summed E-state index contributed by atoms with van der Waals surface area (Å²) in [6, 6.07) is 10.4. The van der Waals surface area contributed by atoms with E-state index in [1.165, 1.54) is 6.07 Å². The van der Waals surface area contributed by atoms with Crippen LogP contribution in [0, 0.1) is 5.82 Å². The van der Waals surface area contributed by atoms with Crippen molar-refractivity contribution in [3.8, 4) is 10.7 Å². The first-order chi connectivity index (χ1) is 11.2. The molecule has 23 heavy (non-hydrogen) atoms. The SMILES string of the molecule is OC(COCc1ccccc1F)Cn1ccnc1-c1cccs1. The number of rotatable bonds is 7. The Morgan fingerprint density at radius 3 is 2.91 bits per heavy atom. The standard InChI is InChI=1S/C17H17FN2O2S/c18-15-5-2-1-4-13(15)11-22-12-14(21)10-20-8-7-19-17(20)16-6-3-9-23-16/h1-9,14,21H,10-12H2. The van der Waals surface area contributed by atoms with Crippen LogP contribution in [0.1, 0.15) is 5.56 Å². The van der Waals surface area contributed by atoms with Crippen molar-refractivity contribution in [3.63, 3.8) is 0 Å². The molecule has 2 heterocycles. The van der Waals surface area contributed by atoms with Crippen LogP contribution in [0.15, 0.2) is 54.2 Å². The highest BCUT2D eigenvalue weighted by atomic mass is 32.1. The molecule has 1 atom stereocenters. The Kier molecular flexibility index (Phi) is 5.17. The third-order valence-electron chi connectivity index (χ3n) is 3.39. The minimum absolute atomic E-state index is 0.135. The van der Waals surface area contributed by atoms with E-state index in [0.717, 1.165) is 10.7 Å². The van der Waals surface area contributed by atoms with Crippen molar-refractivity contribution in [1.82, 2.24) is 9.55 Å². The molecule has 120 valence electrons. The molecule has 1 aromatic carbocycles. The van der Waals surface area contributed by atoms with Crippen LogP contribution in [0.2, 0.25) is 0 Å². The lowest BCUT2D eigenvalue weighted by Gasteiger charge is -2.14. The minimum Gasteiger partial charge on any atom is -0.389 e. The zero-order valence-electron chi connectivity index (χ0n) is 12.4. The third-order valence-corrected chi connectivity index (χ3v) is 4.26. The van der Waals surface area contributed by atoms with Crippen molar-refractivity contribution >= 4 is 11.3 Å². The van der Waals surface area contributed by atoms with E-state index in [-0.39, 0.29) is 19.0 Å². The molecule has 0 spiro atoms. The summed E-state index contributed by atoms with van der Waals surface area (Å²) in [7, 11) is 0. The number of aliphatic hydroxyl groups is 1. The number of aliphatic hydroxyl groups excluding tert-OH is 1. The van der Waals surface area contributed by atoms with Gasteiger partial charge in [0.25, 0.3) is 0 Å². The van der Waals surface area contributed by atoms with Gasteiger partial charge in [0.15, 0.2) is 0 Å². The smallest absolute Gasteiger partial charge is 0.150 e. The predicted octanol–water partition coefficient (Wildman–Crippen LogP) is 3.33. The van der Waals surface area contributed by atoms with Crippen LogP contribution >= 0.6 is 11.3 Å². The Bertz CT molecular complexity index is 743. The molecule has 2 aromatic heterocycles. The van der Waals surface area contributed by atoms with E-state index >= 15 is 0 Å². The largest absolute Gasteiger partial charge is 0.389 e. The van der Waals surface area contributed by atoms with E-state index in [0.29, 0.717) is 12.1 Å². The van der Waals surface area contributed by atoms with Crippen molar-refractivity contribution < 1.29 is 14.2 Å². The summed E-state index contributed by atoms with van der Waals surface area (Å²) in [6.45, 7) is 0.659. The van der Waals surface area contributed by atoms with Gasteiger partial charge in [0, 0.05) is 18.0 Å². The highest BCUT2D eigenvalue weighted by Crippen LogP contribution is 2.23. The number of ether oxygens (including phenoxy) is 1. The lowest BCUT2D eigenvalue weighted by atomic mass is 10.2. The molecule has 0 fully saturated rings. The zero-order chi connectivity index (χ0) is 16.1. The second kappa shape index (κ2) is 7.50. The molecule has 0 saturated carbocycles. The van der Waals surface area contributed by atoms with Crippen LogP contribution < -0.4 is 0 Å². The van der Waals surface area contributed by atoms with Gasteiger partial charge in [-0.2, -0.15) is 0 Å². The maximum Gasteiger partial charge on any atom is 0.150 e. The van der Waals surface area contributed by atoms with Gasteiger partial charge in [-0.05, 0) is 17.5 Å². The molecule has 0 amide bonds. The quantitative estimate of drug-likeness (QED) is 0.722. The summed E-state index contributed by atoms with van der Waals surface area (Å²) >= 11 is 1.60. The fourth-order valence-electron chi connectivity index (χ4n) is 2.29. The molecule has 1 N–H and O–H groups in total. The van der Waals surface area contributed by atoms with E-state index in [2.05, 4.69) is 4.98 Å². The zero-order valence-corrected chi connectivity index (χ0v) is 13.2. The normalized spacial score (nSPS) is 12.4. The molecule has 0 aliphatic rings. The molecule has 0 aliphatic carbocycles. The number of hydrogen-bond acceptors (Lipinski definition) is 4. The monoisotopic (exact) mass is 332 g/mol. The molecule has 0 radical (unpaired) electrons. The first kappa shape index (κ1) is 15.9. The fourth-order valence-corrected chi connectivity index (χ4v) is 3.02. The maximum absolute atomic E-state index is 13.5. The van der Waals surface area contributed by atoms with E-state index in [4.69, 9.17) is 4.74 Å². The van der Waals surface area contributed by atoms with Crippen LogP contribution in [-0.4, -0.2) is 27.4 Å². The number of aromatic nitrogens is 2. The second-order valence-electron chi connectivity index (χ2n) is 5.14. The third kappa shape index (κ3) is 4.04. The number of hydrogen-bond donors (Lipinski definition) is 1. The summed E-state index contributed by atoms with van der Waals surface area (Å²) in [5.74, 6) is 0.532. The van der Waals surface area contributed by atoms with Gasteiger partial charge in [-0.1, -0.05) is 24.3 Å². The van der Waals surface area contributed by atoms with E-state index in [9.17, 15) is 9.50 Å². The lowest BCUT2D eigenvalue weighted by molar-refractivity contribution is 0.0197. The van der Waals surface area contributed by atoms with Crippen molar-refractivity contribution in [3.05, 3.63) is 65.6 Å². The number of thiophene rings is 1. The molecule has 0 bridgehead atoms. The van der Waals surface area contributed by atoms with E-state index in [1.54, 1.807) is 35.7 Å². The van der Waals surface area contributed by atoms with Gasteiger partial charge in [-0.25, -0.2) is 9.37 Å². The average Bonchev–Trinajstić information content (AvgIpc) is 3.20. The Morgan fingerprint density at radius 2 is 2.13 bits per heavy atom. The molecule has 4 nitrogen and oxygen atoms in total. The Morgan fingerprint density at radius 1 is 1.26 bits per heavy atom. The maximum atomic E-state index is 13.5. The van der Waals surface area contributed by atoms with Gasteiger partial charge >= 0.3 is 0 Å². The Labute approximate surface area is 137 Å². The number of halogens is 1. The first-order valence-corrected chi connectivity index (χ1v) is 8.16. The molecule has 3 aromatic rings. The summed E-state index contributed by atoms with van der Waals surface area (Å²) < 4.78 is 20.8. The van der Waals surface area contributed by atoms with Crippen LogP contribution in [0.3, 0.4) is 0 Å². The van der Waals surface area contributed by atoms with Crippen molar-refractivity contribution in [2.75, 3.05) is 6.61 Å². The summed E-state index contributed by atoms with van der Waals surface area (Å²) in [6.07, 6.45) is 2.85. The van der Waals surface area contributed by atoms with Crippen molar-refractivity contribution in [1.29, 1.82) is 0 Å². The average molecular weight is 332 g/mol. The molecule has 0 saturated heterocycles. The summed E-state index contributed by atoms with van der Waals surface area (Å²) in [4.78, 5) is 5.37. The molecule has 0 aliphatic heterocycles. The molecular formula is C17H17FN2O2S. The predicted molar refractivity (Wildman–Crippen MR) is 87.6 cm³/mol. The van der Waals surface area contributed by atoms with Crippen LogP contribution in [0.4, 0.5) is 4.39 Å². The molecule has 6 heteroatoms. The van der Waals surface area contributed by atoms with Gasteiger partial charge in [-0.15, -0.1) is 11.3 Å². The van der Waals surface area contributed by atoms with Gasteiger partial charge in [0.1, 0.15) is 11.6 Å². The highest BCUT2D eigenvalue weighted by molar-refractivity contribution is 7.13. The Hall–Kier alpha value is -2.02. The first-order valence-electron chi connectivity index (χ1n) is 7.28. The summed E-state index contributed by atoms with van der Waals surface area (Å²) in [5, 5.41) is 12.1. The number of nitrogens with zero attached hydrogens (tertiary/aromatic N) is 2. The van der Waals surface area contributed by atoms with Crippen LogP contribution in [-0.2, 0) is 17.9 Å². The van der Waals surface area contributed by atoms with Gasteiger partial charge in [-0.3, -0.25) is 0 Å². The lowest BCUT2D eigenvalue weighted by Crippen LogP contribution is -2.22. The van der Waals surface area contributed by atoms with Crippen LogP contribution in [0.5, 0.6) is 0 Å².